The number of halogens is 4. The molecule has 0 unspecified atom stereocenters. The Bertz CT molecular complexity index is 566. The van der Waals surface area contributed by atoms with E-state index in [1.165, 1.54) is 18.2 Å². The number of hydrogen-bond donors (Lipinski definition) is 0. The van der Waals surface area contributed by atoms with Crippen molar-refractivity contribution in [3.05, 3.63) is 35.7 Å². The fourth-order valence-electron chi connectivity index (χ4n) is 2.92. The Morgan fingerprint density at radius 3 is 2.21 bits per heavy atom. The number of allylic oxidation sites excluding steroid dienone is 2. The SMILES string of the molecule is CCOc1ccc(OCC2CCC(C=C(F)CF)CC2)c(F)c1F. The summed E-state index contributed by atoms with van der Waals surface area (Å²) in [6, 6.07) is 2.70. The van der Waals surface area contributed by atoms with Gasteiger partial charge in [0.05, 0.1) is 13.2 Å². The van der Waals surface area contributed by atoms with Crippen LogP contribution in [0.4, 0.5) is 17.6 Å². The lowest BCUT2D eigenvalue weighted by atomic mass is 9.82. The van der Waals surface area contributed by atoms with Crippen LogP contribution in [0.5, 0.6) is 11.5 Å². The lowest BCUT2D eigenvalue weighted by molar-refractivity contribution is 0.186. The second-order valence-electron chi connectivity index (χ2n) is 5.96. The van der Waals surface area contributed by atoms with Gasteiger partial charge in [0, 0.05) is 0 Å². The lowest BCUT2D eigenvalue weighted by Crippen LogP contribution is -2.20. The molecule has 134 valence electrons. The van der Waals surface area contributed by atoms with Crippen molar-refractivity contribution in [2.45, 2.75) is 32.6 Å². The van der Waals surface area contributed by atoms with Crippen molar-refractivity contribution < 1.29 is 27.0 Å². The molecule has 0 radical (unpaired) electrons. The molecule has 0 heterocycles. The molecular weight excluding hydrogens is 324 g/mol. The van der Waals surface area contributed by atoms with Gasteiger partial charge in [0.15, 0.2) is 11.5 Å². The van der Waals surface area contributed by atoms with E-state index in [0.29, 0.717) is 0 Å². The quantitative estimate of drug-likeness (QED) is 0.618. The zero-order chi connectivity index (χ0) is 17.5. The normalized spacial score (nSPS) is 21.6. The van der Waals surface area contributed by atoms with E-state index in [0.717, 1.165) is 25.7 Å². The molecule has 0 aromatic heterocycles. The molecule has 24 heavy (non-hydrogen) atoms. The van der Waals surface area contributed by atoms with Crippen molar-refractivity contribution in [1.82, 2.24) is 0 Å². The van der Waals surface area contributed by atoms with Crippen LogP contribution in [0.2, 0.25) is 0 Å². The maximum Gasteiger partial charge on any atom is 0.204 e. The minimum absolute atomic E-state index is 0.0386. The Labute approximate surface area is 139 Å². The molecule has 0 spiro atoms. The molecule has 1 aliphatic rings. The van der Waals surface area contributed by atoms with Crippen molar-refractivity contribution in [3.8, 4) is 11.5 Å². The van der Waals surface area contributed by atoms with Crippen molar-refractivity contribution in [3.63, 3.8) is 0 Å². The van der Waals surface area contributed by atoms with E-state index in [2.05, 4.69) is 0 Å². The van der Waals surface area contributed by atoms with Crippen molar-refractivity contribution >= 4 is 0 Å². The van der Waals surface area contributed by atoms with Crippen LogP contribution in [-0.2, 0) is 0 Å². The van der Waals surface area contributed by atoms with Gasteiger partial charge in [-0.05, 0) is 62.7 Å². The lowest BCUT2D eigenvalue weighted by Gasteiger charge is -2.26. The zero-order valence-electron chi connectivity index (χ0n) is 13.7. The van der Waals surface area contributed by atoms with Gasteiger partial charge >= 0.3 is 0 Å². The number of ether oxygens (including phenoxy) is 2. The van der Waals surface area contributed by atoms with Gasteiger partial charge in [-0.3, -0.25) is 0 Å². The first-order valence-electron chi connectivity index (χ1n) is 8.20. The number of alkyl halides is 1. The van der Waals surface area contributed by atoms with Gasteiger partial charge in [-0.15, -0.1) is 0 Å². The van der Waals surface area contributed by atoms with Crippen LogP contribution >= 0.6 is 0 Å². The Morgan fingerprint density at radius 1 is 1.08 bits per heavy atom. The first-order valence-corrected chi connectivity index (χ1v) is 8.20. The molecular formula is C18H22F4O2. The molecule has 0 saturated heterocycles. The van der Waals surface area contributed by atoms with Gasteiger partial charge < -0.3 is 9.47 Å². The summed E-state index contributed by atoms with van der Waals surface area (Å²) in [5.41, 5.74) is 0. The summed E-state index contributed by atoms with van der Waals surface area (Å²) in [4.78, 5) is 0. The Morgan fingerprint density at radius 2 is 1.67 bits per heavy atom. The fourth-order valence-corrected chi connectivity index (χ4v) is 2.92. The number of rotatable bonds is 7. The fraction of sp³-hybridized carbons (Fsp3) is 0.556. The van der Waals surface area contributed by atoms with E-state index in [1.54, 1.807) is 6.92 Å². The van der Waals surface area contributed by atoms with Gasteiger partial charge in [-0.1, -0.05) is 0 Å². The van der Waals surface area contributed by atoms with E-state index in [1.807, 2.05) is 0 Å². The van der Waals surface area contributed by atoms with Crippen LogP contribution in [0, 0.1) is 23.5 Å². The van der Waals surface area contributed by atoms with Crippen molar-refractivity contribution in [2.24, 2.45) is 11.8 Å². The first kappa shape index (κ1) is 18.6. The van der Waals surface area contributed by atoms with E-state index in [4.69, 9.17) is 9.47 Å². The van der Waals surface area contributed by atoms with Gasteiger partial charge in [-0.2, -0.15) is 8.78 Å². The smallest absolute Gasteiger partial charge is 0.204 e. The third-order valence-corrected chi connectivity index (χ3v) is 4.22. The van der Waals surface area contributed by atoms with E-state index in [-0.39, 0.29) is 36.5 Å². The van der Waals surface area contributed by atoms with Crippen LogP contribution in [0.15, 0.2) is 24.0 Å². The largest absolute Gasteiger partial charge is 0.491 e. The summed E-state index contributed by atoms with van der Waals surface area (Å²) in [7, 11) is 0. The van der Waals surface area contributed by atoms with Crippen LogP contribution in [0.1, 0.15) is 32.6 Å². The molecule has 2 rings (SSSR count). The minimum atomic E-state index is -1.06. The Balaban J connectivity index is 1.86. The molecule has 1 fully saturated rings. The Hall–Kier alpha value is -1.72. The summed E-state index contributed by atoms with van der Waals surface area (Å²) in [6.07, 6.45) is 4.38. The molecule has 1 saturated carbocycles. The number of hydrogen-bond acceptors (Lipinski definition) is 2. The molecule has 0 amide bonds. The molecule has 6 heteroatoms. The predicted molar refractivity (Wildman–Crippen MR) is 83.6 cm³/mol. The molecule has 1 aliphatic carbocycles. The average molecular weight is 346 g/mol. The summed E-state index contributed by atoms with van der Waals surface area (Å²) < 4.78 is 63.1. The highest BCUT2D eigenvalue weighted by molar-refractivity contribution is 5.35. The van der Waals surface area contributed by atoms with Crippen LogP contribution in [-0.4, -0.2) is 19.9 Å². The van der Waals surface area contributed by atoms with Gasteiger partial charge in [0.25, 0.3) is 0 Å². The first-order chi connectivity index (χ1) is 11.5. The summed E-state index contributed by atoms with van der Waals surface area (Å²) in [5, 5.41) is 0. The van der Waals surface area contributed by atoms with Crippen molar-refractivity contribution in [2.75, 3.05) is 19.9 Å². The highest BCUT2D eigenvalue weighted by Gasteiger charge is 2.22. The van der Waals surface area contributed by atoms with Crippen LogP contribution < -0.4 is 9.47 Å². The third kappa shape index (κ3) is 4.89. The molecule has 2 nitrogen and oxygen atoms in total. The van der Waals surface area contributed by atoms with Crippen LogP contribution in [0.25, 0.3) is 0 Å². The zero-order valence-corrected chi connectivity index (χ0v) is 13.7. The standard InChI is InChI=1S/C18H22F4O2/c1-2-23-15-7-8-16(18(22)17(15)21)24-11-13-5-3-12(4-6-13)9-14(20)10-19/h7-9,12-13H,2-6,10-11H2,1H3. The molecule has 0 atom stereocenters. The van der Waals surface area contributed by atoms with Crippen molar-refractivity contribution in [1.29, 1.82) is 0 Å². The third-order valence-electron chi connectivity index (χ3n) is 4.22. The van der Waals surface area contributed by atoms with E-state index < -0.39 is 24.1 Å². The molecule has 0 aliphatic heterocycles. The maximum atomic E-state index is 13.9. The maximum absolute atomic E-state index is 13.9. The number of benzene rings is 1. The Kier molecular flexibility index (Phi) is 6.94. The summed E-state index contributed by atoms with van der Waals surface area (Å²) in [6.45, 7) is 1.14. The second-order valence-corrected chi connectivity index (χ2v) is 5.96. The highest BCUT2D eigenvalue weighted by atomic mass is 19.2. The average Bonchev–Trinajstić information content (AvgIpc) is 2.59. The molecule has 0 bridgehead atoms. The van der Waals surface area contributed by atoms with Gasteiger partial charge in [-0.25, -0.2) is 8.78 Å². The second kappa shape index (κ2) is 8.94. The van der Waals surface area contributed by atoms with E-state index in [9.17, 15) is 17.6 Å². The molecule has 0 N–H and O–H groups in total. The molecule has 1 aromatic rings. The summed E-state index contributed by atoms with van der Waals surface area (Å²) in [5.74, 6) is -2.87. The van der Waals surface area contributed by atoms with E-state index >= 15 is 0 Å². The van der Waals surface area contributed by atoms with Crippen LogP contribution in [0.3, 0.4) is 0 Å². The van der Waals surface area contributed by atoms with Gasteiger partial charge in [0.2, 0.25) is 11.6 Å². The monoisotopic (exact) mass is 346 g/mol. The topological polar surface area (TPSA) is 18.5 Å². The minimum Gasteiger partial charge on any atom is -0.491 e. The highest BCUT2D eigenvalue weighted by Crippen LogP contribution is 2.32. The van der Waals surface area contributed by atoms with Gasteiger partial charge in [0.1, 0.15) is 12.5 Å². The summed E-state index contributed by atoms with van der Waals surface area (Å²) >= 11 is 0. The predicted octanol–water partition coefficient (Wildman–Crippen LogP) is 5.37. The molecule has 1 aromatic carbocycles.